The van der Waals surface area contributed by atoms with Crippen molar-refractivity contribution in [2.24, 2.45) is 0 Å². The van der Waals surface area contributed by atoms with Crippen LogP contribution in [0.4, 0.5) is 0 Å². The summed E-state index contributed by atoms with van der Waals surface area (Å²) in [5.41, 5.74) is 2.14. The largest absolute Gasteiger partial charge is 0.339 e. The number of aryl methyl sites for hydroxylation is 1. The fourth-order valence-corrected chi connectivity index (χ4v) is 2.84. The Hall–Kier alpha value is -2.37. The molecule has 6 heteroatoms. The maximum atomic E-state index is 12.5. The van der Waals surface area contributed by atoms with Crippen molar-refractivity contribution < 1.29 is 14.4 Å². The zero-order valence-corrected chi connectivity index (χ0v) is 14.6. The molecule has 1 aliphatic rings. The van der Waals surface area contributed by atoms with E-state index in [2.05, 4.69) is 0 Å². The van der Waals surface area contributed by atoms with Crippen LogP contribution in [-0.4, -0.2) is 65.1 Å². The summed E-state index contributed by atoms with van der Waals surface area (Å²) >= 11 is 0. The van der Waals surface area contributed by atoms with E-state index in [1.807, 2.05) is 31.2 Å². The molecule has 1 aromatic rings. The summed E-state index contributed by atoms with van der Waals surface area (Å²) < 4.78 is 0. The van der Waals surface area contributed by atoms with Crippen LogP contribution in [0.2, 0.25) is 0 Å². The molecule has 1 saturated heterocycles. The second kappa shape index (κ2) is 7.95. The van der Waals surface area contributed by atoms with Crippen LogP contribution in [0.5, 0.6) is 0 Å². The summed E-state index contributed by atoms with van der Waals surface area (Å²) in [6, 6.07) is 7.93. The van der Waals surface area contributed by atoms with Crippen LogP contribution in [0, 0.1) is 6.92 Å². The Morgan fingerprint density at radius 3 is 2.21 bits per heavy atom. The smallest absolute Gasteiger partial charge is 0.242 e. The zero-order valence-electron chi connectivity index (χ0n) is 14.6. The number of carbonyl (C=O) groups excluding carboxylic acids is 3. The first-order valence-electron chi connectivity index (χ1n) is 8.21. The summed E-state index contributed by atoms with van der Waals surface area (Å²) in [5.74, 6) is -0.153. The van der Waals surface area contributed by atoms with E-state index in [0.717, 1.165) is 11.1 Å². The molecule has 1 aliphatic heterocycles. The molecule has 1 aromatic carbocycles. The van der Waals surface area contributed by atoms with Crippen molar-refractivity contribution in [3.8, 4) is 0 Å². The van der Waals surface area contributed by atoms with E-state index in [0.29, 0.717) is 32.7 Å². The molecule has 0 bridgehead atoms. The fourth-order valence-electron chi connectivity index (χ4n) is 2.84. The monoisotopic (exact) mass is 331 g/mol. The standard InChI is InChI=1S/C18H25N3O3/c1-14-5-4-6-17(11-14)12-21(16(3)23)13-18(24)20-9-7-19(8-10-20)15(2)22/h4-6,11H,7-10,12-13H2,1-3H3. The maximum Gasteiger partial charge on any atom is 0.242 e. The number of carbonyl (C=O) groups is 3. The first-order valence-corrected chi connectivity index (χ1v) is 8.21. The molecule has 24 heavy (non-hydrogen) atoms. The Balaban J connectivity index is 1.94. The van der Waals surface area contributed by atoms with E-state index in [1.54, 1.807) is 14.7 Å². The number of nitrogens with zero attached hydrogens (tertiary/aromatic N) is 3. The predicted molar refractivity (Wildman–Crippen MR) is 91.1 cm³/mol. The highest BCUT2D eigenvalue weighted by Crippen LogP contribution is 2.09. The van der Waals surface area contributed by atoms with Crippen LogP contribution in [-0.2, 0) is 20.9 Å². The van der Waals surface area contributed by atoms with Gasteiger partial charge in [0, 0.05) is 46.6 Å². The van der Waals surface area contributed by atoms with Gasteiger partial charge in [-0.15, -0.1) is 0 Å². The maximum absolute atomic E-state index is 12.5. The van der Waals surface area contributed by atoms with Crippen LogP contribution in [0.15, 0.2) is 24.3 Å². The molecule has 0 N–H and O–H groups in total. The average Bonchev–Trinajstić information content (AvgIpc) is 2.54. The summed E-state index contributed by atoms with van der Waals surface area (Å²) in [4.78, 5) is 40.7. The molecule has 6 nitrogen and oxygen atoms in total. The van der Waals surface area contributed by atoms with Crippen molar-refractivity contribution in [3.05, 3.63) is 35.4 Å². The van der Waals surface area contributed by atoms with E-state index in [-0.39, 0.29) is 24.3 Å². The third kappa shape index (κ3) is 4.81. The molecule has 0 spiro atoms. The van der Waals surface area contributed by atoms with Crippen LogP contribution in [0.1, 0.15) is 25.0 Å². The Labute approximate surface area is 143 Å². The Kier molecular flexibility index (Phi) is 5.95. The van der Waals surface area contributed by atoms with Crippen molar-refractivity contribution in [1.82, 2.24) is 14.7 Å². The quantitative estimate of drug-likeness (QED) is 0.828. The number of hydrogen-bond acceptors (Lipinski definition) is 3. The predicted octanol–water partition coefficient (Wildman–Crippen LogP) is 1.03. The number of rotatable bonds is 4. The first-order chi connectivity index (χ1) is 11.4. The molecule has 0 radical (unpaired) electrons. The van der Waals surface area contributed by atoms with Crippen LogP contribution < -0.4 is 0 Å². The Morgan fingerprint density at radius 1 is 1.04 bits per heavy atom. The molecule has 2 rings (SSSR count). The minimum absolute atomic E-state index is 0.0342. The van der Waals surface area contributed by atoms with Gasteiger partial charge >= 0.3 is 0 Å². The highest BCUT2D eigenvalue weighted by molar-refractivity contribution is 5.84. The van der Waals surface area contributed by atoms with Gasteiger partial charge in [-0.3, -0.25) is 14.4 Å². The minimum atomic E-state index is -0.118. The third-order valence-corrected chi connectivity index (χ3v) is 4.31. The molecule has 0 atom stereocenters. The summed E-state index contributed by atoms with van der Waals surface area (Å²) in [5, 5.41) is 0. The van der Waals surface area contributed by atoms with E-state index >= 15 is 0 Å². The molecular formula is C18H25N3O3. The zero-order chi connectivity index (χ0) is 17.7. The van der Waals surface area contributed by atoms with Crippen molar-refractivity contribution in [3.63, 3.8) is 0 Å². The molecule has 1 heterocycles. The third-order valence-electron chi connectivity index (χ3n) is 4.31. The van der Waals surface area contributed by atoms with Gasteiger partial charge in [0.1, 0.15) is 6.54 Å². The van der Waals surface area contributed by atoms with Crippen molar-refractivity contribution >= 4 is 17.7 Å². The molecule has 0 unspecified atom stereocenters. The van der Waals surface area contributed by atoms with Gasteiger partial charge in [0.15, 0.2) is 0 Å². The van der Waals surface area contributed by atoms with Gasteiger partial charge in [-0.2, -0.15) is 0 Å². The minimum Gasteiger partial charge on any atom is -0.339 e. The van der Waals surface area contributed by atoms with Gasteiger partial charge in [-0.05, 0) is 12.5 Å². The van der Waals surface area contributed by atoms with E-state index in [9.17, 15) is 14.4 Å². The van der Waals surface area contributed by atoms with Crippen molar-refractivity contribution in [1.29, 1.82) is 0 Å². The molecular weight excluding hydrogens is 306 g/mol. The van der Waals surface area contributed by atoms with Crippen LogP contribution >= 0.6 is 0 Å². The highest BCUT2D eigenvalue weighted by Gasteiger charge is 2.24. The number of benzene rings is 1. The lowest BCUT2D eigenvalue weighted by atomic mass is 10.1. The SMILES string of the molecule is CC(=O)N1CCN(C(=O)CN(Cc2cccc(C)c2)C(C)=O)CC1. The Morgan fingerprint density at radius 2 is 1.67 bits per heavy atom. The summed E-state index contributed by atoms with van der Waals surface area (Å²) in [6.07, 6.45) is 0. The molecule has 3 amide bonds. The molecule has 0 aromatic heterocycles. The van der Waals surface area contributed by atoms with Crippen LogP contribution in [0.3, 0.4) is 0 Å². The number of amides is 3. The fraction of sp³-hybridized carbons (Fsp3) is 0.500. The van der Waals surface area contributed by atoms with Gasteiger partial charge in [0.05, 0.1) is 0 Å². The molecule has 0 saturated carbocycles. The summed E-state index contributed by atoms with van der Waals surface area (Å²) in [7, 11) is 0. The average molecular weight is 331 g/mol. The van der Waals surface area contributed by atoms with Gasteiger partial charge in [-0.1, -0.05) is 29.8 Å². The lowest BCUT2D eigenvalue weighted by Crippen LogP contribution is -2.52. The molecule has 0 aliphatic carbocycles. The number of piperazine rings is 1. The van der Waals surface area contributed by atoms with E-state index in [4.69, 9.17) is 0 Å². The topological polar surface area (TPSA) is 60.9 Å². The molecule has 130 valence electrons. The number of hydrogen-bond donors (Lipinski definition) is 0. The lowest BCUT2D eigenvalue weighted by molar-refractivity contribution is -0.142. The molecule has 1 fully saturated rings. The van der Waals surface area contributed by atoms with E-state index in [1.165, 1.54) is 13.8 Å². The van der Waals surface area contributed by atoms with Gasteiger partial charge in [0.2, 0.25) is 17.7 Å². The normalized spacial score (nSPS) is 14.5. The summed E-state index contributed by atoms with van der Waals surface area (Å²) in [6.45, 7) is 7.68. The van der Waals surface area contributed by atoms with Crippen molar-refractivity contribution in [2.75, 3.05) is 32.7 Å². The van der Waals surface area contributed by atoms with Gasteiger partial charge in [0.25, 0.3) is 0 Å². The Bertz CT molecular complexity index is 622. The first kappa shape index (κ1) is 18.0. The highest BCUT2D eigenvalue weighted by atomic mass is 16.2. The lowest BCUT2D eigenvalue weighted by Gasteiger charge is -2.35. The second-order valence-corrected chi connectivity index (χ2v) is 6.25. The van der Waals surface area contributed by atoms with Crippen molar-refractivity contribution in [2.45, 2.75) is 27.3 Å². The van der Waals surface area contributed by atoms with Crippen LogP contribution in [0.25, 0.3) is 0 Å². The van der Waals surface area contributed by atoms with Gasteiger partial charge in [-0.25, -0.2) is 0 Å². The second-order valence-electron chi connectivity index (χ2n) is 6.25. The van der Waals surface area contributed by atoms with E-state index < -0.39 is 0 Å². The van der Waals surface area contributed by atoms with Gasteiger partial charge < -0.3 is 14.7 Å².